The fourth-order valence-corrected chi connectivity index (χ4v) is 1.06. The van der Waals surface area contributed by atoms with Crippen molar-refractivity contribution in [2.24, 2.45) is 0 Å². The molecule has 0 unspecified atom stereocenters. The second-order valence-corrected chi connectivity index (χ2v) is 2.68. The Kier molecular flexibility index (Phi) is 2.81. The highest BCUT2D eigenvalue weighted by molar-refractivity contribution is 5.59. The summed E-state index contributed by atoms with van der Waals surface area (Å²) in [6.45, 7) is 0.598. The van der Waals surface area contributed by atoms with Crippen LogP contribution in [-0.2, 0) is 6.54 Å². The minimum absolute atomic E-state index is 0.0345. The van der Waals surface area contributed by atoms with Crippen molar-refractivity contribution in [2.75, 3.05) is 12.8 Å². The Labute approximate surface area is 75.7 Å². The van der Waals surface area contributed by atoms with Gasteiger partial charge in [0.1, 0.15) is 5.69 Å². The number of nitro benzene ring substituents is 1. The summed E-state index contributed by atoms with van der Waals surface area (Å²) < 4.78 is 0. The number of nitrogen functional groups attached to an aromatic ring is 1. The summed E-state index contributed by atoms with van der Waals surface area (Å²) in [6, 6.07) is 4.79. The SMILES string of the molecule is CNCc1ccc(N)c([N+](=O)[O-])c1. The maximum absolute atomic E-state index is 10.5. The normalized spacial score (nSPS) is 9.92. The molecule has 0 aliphatic heterocycles. The van der Waals surface area contributed by atoms with Gasteiger partial charge in [0.05, 0.1) is 4.92 Å². The Bertz CT molecular complexity index is 325. The second-order valence-electron chi connectivity index (χ2n) is 2.68. The van der Waals surface area contributed by atoms with E-state index >= 15 is 0 Å². The van der Waals surface area contributed by atoms with E-state index in [0.717, 1.165) is 5.56 Å². The Balaban J connectivity index is 3.04. The van der Waals surface area contributed by atoms with Crippen LogP contribution in [0.2, 0.25) is 0 Å². The van der Waals surface area contributed by atoms with E-state index in [1.165, 1.54) is 6.07 Å². The molecular weight excluding hydrogens is 170 g/mol. The van der Waals surface area contributed by atoms with E-state index in [1.54, 1.807) is 19.2 Å². The number of hydrogen-bond donors (Lipinski definition) is 2. The molecule has 1 aromatic carbocycles. The summed E-state index contributed by atoms with van der Waals surface area (Å²) in [5.74, 6) is 0. The summed E-state index contributed by atoms with van der Waals surface area (Å²) in [5, 5.41) is 13.4. The third kappa shape index (κ3) is 2.16. The zero-order valence-corrected chi connectivity index (χ0v) is 7.28. The maximum Gasteiger partial charge on any atom is 0.292 e. The summed E-state index contributed by atoms with van der Waals surface area (Å²) in [7, 11) is 1.78. The Hall–Kier alpha value is -1.62. The summed E-state index contributed by atoms with van der Waals surface area (Å²) in [4.78, 5) is 10.0. The van der Waals surface area contributed by atoms with Gasteiger partial charge in [-0.05, 0) is 18.7 Å². The van der Waals surface area contributed by atoms with Crippen molar-refractivity contribution >= 4 is 11.4 Å². The highest BCUT2D eigenvalue weighted by Gasteiger charge is 2.10. The lowest BCUT2D eigenvalue weighted by molar-refractivity contribution is -0.384. The van der Waals surface area contributed by atoms with Crippen molar-refractivity contribution in [1.82, 2.24) is 5.32 Å². The zero-order chi connectivity index (χ0) is 9.84. The van der Waals surface area contributed by atoms with Gasteiger partial charge < -0.3 is 11.1 Å². The first-order chi connectivity index (χ1) is 6.15. The number of rotatable bonds is 3. The second kappa shape index (κ2) is 3.86. The summed E-state index contributed by atoms with van der Waals surface area (Å²) in [6.07, 6.45) is 0. The summed E-state index contributed by atoms with van der Waals surface area (Å²) >= 11 is 0. The van der Waals surface area contributed by atoms with Crippen molar-refractivity contribution in [3.05, 3.63) is 33.9 Å². The van der Waals surface area contributed by atoms with E-state index in [-0.39, 0.29) is 11.4 Å². The van der Waals surface area contributed by atoms with Gasteiger partial charge in [-0.3, -0.25) is 10.1 Å². The molecule has 13 heavy (non-hydrogen) atoms. The van der Waals surface area contributed by atoms with E-state index in [4.69, 9.17) is 5.73 Å². The van der Waals surface area contributed by atoms with Crippen LogP contribution in [0.5, 0.6) is 0 Å². The molecule has 3 N–H and O–H groups in total. The number of nitrogens with zero attached hydrogens (tertiary/aromatic N) is 1. The number of anilines is 1. The lowest BCUT2D eigenvalue weighted by Gasteiger charge is -2.01. The lowest BCUT2D eigenvalue weighted by atomic mass is 10.2. The molecule has 0 saturated heterocycles. The van der Waals surface area contributed by atoms with Gasteiger partial charge in [-0.25, -0.2) is 0 Å². The summed E-state index contributed by atoms with van der Waals surface area (Å²) in [5.41, 5.74) is 6.44. The third-order valence-corrected chi connectivity index (χ3v) is 1.67. The smallest absolute Gasteiger partial charge is 0.292 e. The van der Waals surface area contributed by atoms with Crippen molar-refractivity contribution in [2.45, 2.75) is 6.54 Å². The first-order valence-corrected chi connectivity index (χ1v) is 3.82. The van der Waals surface area contributed by atoms with Gasteiger partial charge in [0, 0.05) is 12.6 Å². The molecule has 1 aromatic rings. The van der Waals surface area contributed by atoms with Gasteiger partial charge in [0.25, 0.3) is 5.69 Å². The fraction of sp³-hybridized carbons (Fsp3) is 0.250. The van der Waals surface area contributed by atoms with Crippen molar-refractivity contribution in [3.8, 4) is 0 Å². The van der Waals surface area contributed by atoms with Crippen molar-refractivity contribution < 1.29 is 4.92 Å². The largest absolute Gasteiger partial charge is 0.393 e. The van der Waals surface area contributed by atoms with E-state index in [9.17, 15) is 10.1 Å². The molecule has 0 bridgehead atoms. The van der Waals surface area contributed by atoms with Gasteiger partial charge >= 0.3 is 0 Å². The molecule has 5 nitrogen and oxygen atoms in total. The van der Waals surface area contributed by atoms with Crippen LogP contribution in [0.15, 0.2) is 18.2 Å². The minimum atomic E-state index is -0.478. The van der Waals surface area contributed by atoms with Crippen LogP contribution in [0.4, 0.5) is 11.4 Å². The molecule has 0 amide bonds. The average molecular weight is 181 g/mol. The fourth-order valence-electron chi connectivity index (χ4n) is 1.06. The Morgan fingerprint density at radius 2 is 2.31 bits per heavy atom. The molecule has 0 heterocycles. The predicted molar refractivity (Wildman–Crippen MR) is 50.3 cm³/mol. The average Bonchev–Trinajstić information content (AvgIpc) is 2.08. The molecule has 0 spiro atoms. The van der Waals surface area contributed by atoms with E-state index in [0.29, 0.717) is 6.54 Å². The first-order valence-electron chi connectivity index (χ1n) is 3.82. The molecule has 0 saturated carbocycles. The van der Waals surface area contributed by atoms with Gasteiger partial charge in [-0.2, -0.15) is 0 Å². The number of hydrogen-bond acceptors (Lipinski definition) is 4. The topological polar surface area (TPSA) is 81.2 Å². The van der Waals surface area contributed by atoms with Crippen molar-refractivity contribution in [1.29, 1.82) is 0 Å². The maximum atomic E-state index is 10.5. The van der Waals surface area contributed by atoms with Crippen LogP contribution >= 0.6 is 0 Å². The molecule has 5 heteroatoms. The number of nitrogens with two attached hydrogens (primary N) is 1. The minimum Gasteiger partial charge on any atom is -0.393 e. The van der Waals surface area contributed by atoms with Crippen LogP contribution < -0.4 is 11.1 Å². The Morgan fingerprint density at radius 1 is 1.62 bits per heavy atom. The molecule has 0 aliphatic carbocycles. The van der Waals surface area contributed by atoms with E-state index in [1.807, 2.05) is 0 Å². The molecule has 0 aliphatic rings. The molecule has 1 rings (SSSR count). The third-order valence-electron chi connectivity index (χ3n) is 1.67. The monoisotopic (exact) mass is 181 g/mol. The standard InChI is InChI=1S/C8H11N3O2/c1-10-5-6-2-3-7(9)8(4-6)11(12)13/h2-4,10H,5,9H2,1H3. The van der Waals surface area contributed by atoms with Crippen molar-refractivity contribution in [3.63, 3.8) is 0 Å². The van der Waals surface area contributed by atoms with Gasteiger partial charge in [0.15, 0.2) is 0 Å². The highest BCUT2D eigenvalue weighted by Crippen LogP contribution is 2.21. The Morgan fingerprint density at radius 3 is 2.85 bits per heavy atom. The molecular formula is C8H11N3O2. The highest BCUT2D eigenvalue weighted by atomic mass is 16.6. The van der Waals surface area contributed by atoms with Crippen LogP contribution in [0.3, 0.4) is 0 Å². The van der Waals surface area contributed by atoms with Gasteiger partial charge in [0.2, 0.25) is 0 Å². The number of nitro groups is 1. The quantitative estimate of drug-likeness (QED) is 0.412. The molecule has 0 fully saturated rings. The lowest BCUT2D eigenvalue weighted by Crippen LogP contribution is -2.06. The first kappa shape index (κ1) is 9.47. The van der Waals surface area contributed by atoms with Crippen LogP contribution in [-0.4, -0.2) is 12.0 Å². The molecule has 0 aromatic heterocycles. The predicted octanol–water partition coefficient (Wildman–Crippen LogP) is 0.896. The van der Waals surface area contributed by atoms with Crippen LogP contribution in [0.25, 0.3) is 0 Å². The zero-order valence-electron chi connectivity index (χ0n) is 7.28. The van der Waals surface area contributed by atoms with Crippen LogP contribution in [0, 0.1) is 10.1 Å². The van der Waals surface area contributed by atoms with Crippen LogP contribution in [0.1, 0.15) is 5.56 Å². The molecule has 70 valence electrons. The number of benzene rings is 1. The van der Waals surface area contributed by atoms with E-state index < -0.39 is 4.92 Å². The number of nitrogens with one attached hydrogen (secondary N) is 1. The van der Waals surface area contributed by atoms with E-state index in [2.05, 4.69) is 5.32 Å². The molecule has 0 atom stereocenters. The molecule has 0 radical (unpaired) electrons. The van der Waals surface area contributed by atoms with Gasteiger partial charge in [-0.1, -0.05) is 6.07 Å². The van der Waals surface area contributed by atoms with Gasteiger partial charge in [-0.15, -0.1) is 0 Å².